The van der Waals surface area contributed by atoms with Crippen LogP contribution in [0.3, 0.4) is 0 Å². The van der Waals surface area contributed by atoms with Gasteiger partial charge in [-0.2, -0.15) is 0 Å². The van der Waals surface area contributed by atoms with Crippen LogP contribution in [-0.4, -0.2) is 53.9 Å². The van der Waals surface area contributed by atoms with Crippen LogP contribution >= 0.6 is 0 Å². The van der Waals surface area contributed by atoms with Gasteiger partial charge in [0.2, 0.25) is 0 Å². The van der Waals surface area contributed by atoms with E-state index in [4.69, 9.17) is 4.74 Å². The van der Waals surface area contributed by atoms with E-state index in [9.17, 15) is 4.79 Å². The van der Waals surface area contributed by atoms with Crippen molar-refractivity contribution in [3.63, 3.8) is 0 Å². The molecule has 6 heteroatoms. The number of hydrogen-bond acceptors (Lipinski definition) is 6. The van der Waals surface area contributed by atoms with Gasteiger partial charge >= 0.3 is 0 Å². The molecule has 1 saturated heterocycles. The second-order valence-electron chi connectivity index (χ2n) is 5.91. The maximum absolute atomic E-state index is 11.6. The summed E-state index contributed by atoms with van der Waals surface area (Å²) in [5.41, 5.74) is 1.78. The molecule has 3 rings (SSSR count). The Labute approximate surface area is 142 Å². The van der Waals surface area contributed by atoms with Crippen LogP contribution in [0.25, 0.3) is 0 Å². The monoisotopic (exact) mass is 326 g/mol. The zero-order valence-electron chi connectivity index (χ0n) is 14.1. The molecule has 0 bridgehead atoms. The number of carbonyl (C=O) groups excluding carboxylic acids is 1. The number of anilines is 1. The number of ether oxygens (including phenoxy) is 1. The highest BCUT2D eigenvalue weighted by molar-refractivity contribution is 5.94. The Kier molecular flexibility index (Phi) is 5.05. The number of rotatable bonds is 5. The van der Waals surface area contributed by atoms with Crippen molar-refractivity contribution in [1.29, 1.82) is 0 Å². The molecule has 0 atom stereocenters. The molecule has 0 spiro atoms. The Hall–Kier alpha value is -2.47. The number of carbonyl (C=O) groups is 1. The molecule has 0 saturated carbocycles. The van der Waals surface area contributed by atoms with Gasteiger partial charge in [0.15, 0.2) is 5.78 Å². The van der Waals surface area contributed by atoms with Crippen molar-refractivity contribution in [3.05, 3.63) is 47.9 Å². The molecule has 1 aliphatic heterocycles. The van der Waals surface area contributed by atoms with E-state index in [-0.39, 0.29) is 5.78 Å². The maximum atomic E-state index is 11.6. The zero-order valence-corrected chi connectivity index (χ0v) is 14.1. The molecule has 0 amide bonds. The second kappa shape index (κ2) is 7.40. The van der Waals surface area contributed by atoms with Crippen LogP contribution in [0.4, 0.5) is 5.82 Å². The summed E-state index contributed by atoms with van der Waals surface area (Å²) >= 11 is 0. The first-order valence-corrected chi connectivity index (χ1v) is 8.08. The standard InChI is InChI=1S/C18H22N4O2/c1-14(23)15-3-4-17(24-2)16(11-15)13-21-7-9-22(10-8-21)18-12-19-5-6-20-18/h3-6,11-12H,7-10,13H2,1-2H3. The van der Waals surface area contributed by atoms with E-state index in [1.54, 1.807) is 32.6 Å². The third kappa shape index (κ3) is 3.71. The molecular weight excluding hydrogens is 304 g/mol. The molecule has 24 heavy (non-hydrogen) atoms. The largest absolute Gasteiger partial charge is 0.496 e. The lowest BCUT2D eigenvalue weighted by atomic mass is 10.1. The molecule has 6 nitrogen and oxygen atoms in total. The predicted molar refractivity (Wildman–Crippen MR) is 92.5 cm³/mol. The number of Topliss-reactive ketones (excluding diaryl/α,β-unsaturated/α-hetero) is 1. The van der Waals surface area contributed by atoms with E-state index in [2.05, 4.69) is 19.8 Å². The fourth-order valence-electron chi connectivity index (χ4n) is 2.95. The van der Waals surface area contributed by atoms with Crippen LogP contribution in [0, 0.1) is 0 Å². The van der Waals surface area contributed by atoms with Crippen molar-refractivity contribution >= 4 is 11.6 Å². The van der Waals surface area contributed by atoms with Gasteiger partial charge < -0.3 is 9.64 Å². The summed E-state index contributed by atoms with van der Waals surface area (Å²) in [5, 5.41) is 0. The summed E-state index contributed by atoms with van der Waals surface area (Å²) < 4.78 is 5.45. The molecule has 0 N–H and O–H groups in total. The van der Waals surface area contributed by atoms with Crippen LogP contribution < -0.4 is 9.64 Å². The number of aromatic nitrogens is 2. The highest BCUT2D eigenvalue weighted by atomic mass is 16.5. The number of nitrogens with zero attached hydrogens (tertiary/aromatic N) is 4. The van der Waals surface area contributed by atoms with E-state index in [0.717, 1.165) is 55.4 Å². The Morgan fingerprint density at radius 2 is 2.00 bits per heavy atom. The fourth-order valence-corrected chi connectivity index (χ4v) is 2.95. The van der Waals surface area contributed by atoms with Crippen LogP contribution in [0.2, 0.25) is 0 Å². The predicted octanol–water partition coefficient (Wildman–Crippen LogP) is 2.01. The van der Waals surface area contributed by atoms with E-state index in [1.165, 1.54) is 0 Å². The lowest BCUT2D eigenvalue weighted by Crippen LogP contribution is -2.46. The molecule has 1 aliphatic rings. The lowest BCUT2D eigenvalue weighted by Gasteiger charge is -2.35. The van der Waals surface area contributed by atoms with Gasteiger partial charge in [-0.25, -0.2) is 4.98 Å². The van der Waals surface area contributed by atoms with Gasteiger partial charge in [0, 0.05) is 56.2 Å². The van der Waals surface area contributed by atoms with Crippen molar-refractivity contribution in [2.75, 3.05) is 38.2 Å². The molecule has 1 fully saturated rings. The lowest BCUT2D eigenvalue weighted by molar-refractivity contribution is 0.101. The van der Waals surface area contributed by atoms with Gasteiger partial charge in [-0.3, -0.25) is 14.7 Å². The van der Waals surface area contributed by atoms with Gasteiger partial charge in [0.25, 0.3) is 0 Å². The summed E-state index contributed by atoms with van der Waals surface area (Å²) in [6.45, 7) is 6.05. The van der Waals surface area contributed by atoms with Crippen LogP contribution in [0.5, 0.6) is 5.75 Å². The summed E-state index contributed by atoms with van der Waals surface area (Å²) in [4.78, 5) is 24.7. The number of piperazine rings is 1. The van der Waals surface area contributed by atoms with Gasteiger partial charge in [-0.1, -0.05) is 0 Å². The first kappa shape index (κ1) is 16.4. The minimum absolute atomic E-state index is 0.0753. The molecule has 2 aromatic rings. The summed E-state index contributed by atoms with van der Waals surface area (Å²) in [5.74, 6) is 1.83. The molecule has 126 valence electrons. The molecule has 2 heterocycles. The van der Waals surface area contributed by atoms with E-state index >= 15 is 0 Å². The average Bonchev–Trinajstić information content (AvgIpc) is 2.63. The molecule has 0 unspecified atom stereocenters. The third-order valence-corrected chi connectivity index (χ3v) is 4.33. The van der Waals surface area contributed by atoms with Gasteiger partial charge in [-0.15, -0.1) is 0 Å². The summed E-state index contributed by atoms with van der Waals surface area (Å²) in [6, 6.07) is 5.63. The fraction of sp³-hybridized carbons (Fsp3) is 0.389. The first-order valence-electron chi connectivity index (χ1n) is 8.08. The number of ketones is 1. The minimum atomic E-state index is 0.0753. The molecule has 1 aromatic carbocycles. The van der Waals surface area contributed by atoms with Crippen molar-refractivity contribution in [3.8, 4) is 5.75 Å². The van der Waals surface area contributed by atoms with E-state index < -0.39 is 0 Å². The van der Waals surface area contributed by atoms with Gasteiger partial charge in [0.1, 0.15) is 11.6 Å². The average molecular weight is 326 g/mol. The Morgan fingerprint density at radius 1 is 1.21 bits per heavy atom. The molecular formula is C18H22N4O2. The minimum Gasteiger partial charge on any atom is -0.496 e. The Morgan fingerprint density at radius 3 is 2.62 bits per heavy atom. The topological polar surface area (TPSA) is 58.6 Å². The van der Waals surface area contributed by atoms with Gasteiger partial charge in [-0.05, 0) is 25.1 Å². The zero-order chi connectivity index (χ0) is 16.9. The third-order valence-electron chi connectivity index (χ3n) is 4.33. The van der Waals surface area contributed by atoms with Crippen molar-refractivity contribution in [2.45, 2.75) is 13.5 Å². The van der Waals surface area contributed by atoms with Crippen LogP contribution in [-0.2, 0) is 6.54 Å². The smallest absolute Gasteiger partial charge is 0.159 e. The van der Waals surface area contributed by atoms with Crippen LogP contribution in [0.15, 0.2) is 36.8 Å². The van der Waals surface area contributed by atoms with Gasteiger partial charge in [0.05, 0.1) is 13.3 Å². The summed E-state index contributed by atoms with van der Waals surface area (Å²) in [6.07, 6.45) is 5.21. The second-order valence-corrected chi connectivity index (χ2v) is 5.91. The number of benzene rings is 1. The molecule has 0 aliphatic carbocycles. The quantitative estimate of drug-likeness (QED) is 0.784. The van der Waals surface area contributed by atoms with E-state index in [0.29, 0.717) is 0 Å². The van der Waals surface area contributed by atoms with Crippen molar-refractivity contribution in [2.24, 2.45) is 0 Å². The highest BCUT2D eigenvalue weighted by Gasteiger charge is 2.19. The maximum Gasteiger partial charge on any atom is 0.159 e. The SMILES string of the molecule is COc1ccc(C(C)=O)cc1CN1CCN(c2cnccn2)CC1. The molecule has 1 aromatic heterocycles. The van der Waals surface area contributed by atoms with E-state index in [1.807, 2.05) is 18.2 Å². The Balaban J connectivity index is 1.65. The van der Waals surface area contributed by atoms with Crippen LogP contribution in [0.1, 0.15) is 22.8 Å². The number of hydrogen-bond donors (Lipinski definition) is 0. The van der Waals surface area contributed by atoms with Crippen molar-refractivity contribution in [1.82, 2.24) is 14.9 Å². The number of methoxy groups -OCH3 is 1. The first-order chi connectivity index (χ1) is 11.7. The molecule has 0 radical (unpaired) electrons. The highest BCUT2D eigenvalue weighted by Crippen LogP contribution is 2.23. The van der Waals surface area contributed by atoms with Crippen molar-refractivity contribution < 1.29 is 9.53 Å². The normalized spacial score (nSPS) is 15.3. The summed E-state index contributed by atoms with van der Waals surface area (Å²) in [7, 11) is 1.66. The Bertz CT molecular complexity index is 697.